The van der Waals surface area contributed by atoms with Crippen LogP contribution < -0.4 is 25.9 Å². The molecule has 162 valence electrons. The summed E-state index contributed by atoms with van der Waals surface area (Å²) in [6, 6.07) is 13.8. The van der Waals surface area contributed by atoms with Crippen molar-refractivity contribution in [3.8, 4) is 11.5 Å². The summed E-state index contributed by atoms with van der Waals surface area (Å²) in [6.45, 7) is 0.324. The number of nitrogens with zero attached hydrogens (tertiary/aromatic N) is 1. The van der Waals surface area contributed by atoms with E-state index in [1.54, 1.807) is 42.5 Å². The van der Waals surface area contributed by atoms with Gasteiger partial charge in [-0.15, -0.1) is 0 Å². The number of hydrogen-bond acceptors (Lipinski definition) is 5. The smallest absolute Gasteiger partial charge is 0.275 e. The molecule has 0 radical (unpaired) electrons. The third-order valence-corrected chi connectivity index (χ3v) is 4.65. The van der Waals surface area contributed by atoms with Gasteiger partial charge < -0.3 is 14.0 Å². The Morgan fingerprint density at radius 3 is 2.62 bits per heavy atom. The van der Waals surface area contributed by atoms with Crippen LogP contribution >= 0.6 is 0 Å². The fourth-order valence-electron chi connectivity index (χ4n) is 3.04. The van der Waals surface area contributed by atoms with Crippen molar-refractivity contribution in [3.63, 3.8) is 0 Å². The minimum atomic E-state index is -0.756. The third-order valence-electron chi connectivity index (χ3n) is 4.65. The highest BCUT2D eigenvalue weighted by Crippen LogP contribution is 2.32. The fourth-order valence-corrected chi connectivity index (χ4v) is 3.04. The van der Waals surface area contributed by atoms with E-state index in [1.165, 1.54) is 35.0 Å². The van der Waals surface area contributed by atoms with Crippen molar-refractivity contribution < 1.29 is 23.5 Å². The minimum Gasteiger partial charge on any atom is -0.454 e. The number of aromatic nitrogens is 1. The predicted molar refractivity (Wildman–Crippen MR) is 113 cm³/mol. The molecule has 0 fully saturated rings. The SMILES string of the molecule is O=C(C=Cc1ccc2c(c1)OCO2)NNC(=O)c1cccn(Cc2ccc(F)cc2)c1=O. The van der Waals surface area contributed by atoms with Crippen molar-refractivity contribution in [1.82, 2.24) is 15.4 Å². The van der Waals surface area contributed by atoms with Crippen LogP contribution in [0.3, 0.4) is 0 Å². The Balaban J connectivity index is 1.37. The van der Waals surface area contributed by atoms with Crippen LogP contribution in [0.25, 0.3) is 6.08 Å². The number of hydrogen-bond donors (Lipinski definition) is 2. The maximum absolute atomic E-state index is 13.1. The number of hydrazine groups is 1. The number of amides is 2. The van der Waals surface area contributed by atoms with Crippen molar-refractivity contribution in [1.29, 1.82) is 0 Å². The monoisotopic (exact) mass is 435 g/mol. The quantitative estimate of drug-likeness (QED) is 0.473. The van der Waals surface area contributed by atoms with Gasteiger partial charge in [0.05, 0.1) is 6.54 Å². The Hall–Kier alpha value is -4.40. The maximum atomic E-state index is 13.1. The number of ether oxygens (including phenoxy) is 2. The standard InChI is InChI=1S/C23H18FN3O5/c24-17-7-3-16(4-8-17)13-27-11-1-2-18(23(27)30)22(29)26-25-21(28)10-6-15-5-9-19-20(12-15)32-14-31-19/h1-12H,13-14H2,(H,25,28)(H,26,29). The lowest BCUT2D eigenvalue weighted by molar-refractivity contribution is -0.117. The van der Waals surface area contributed by atoms with E-state index < -0.39 is 17.4 Å². The summed E-state index contributed by atoms with van der Waals surface area (Å²) >= 11 is 0. The summed E-state index contributed by atoms with van der Waals surface area (Å²) in [4.78, 5) is 37.0. The largest absolute Gasteiger partial charge is 0.454 e. The molecule has 0 aliphatic carbocycles. The lowest BCUT2D eigenvalue weighted by Crippen LogP contribution is -2.43. The van der Waals surface area contributed by atoms with Crippen molar-refractivity contribution >= 4 is 17.9 Å². The molecule has 0 bridgehead atoms. The highest BCUT2D eigenvalue weighted by Gasteiger charge is 2.14. The number of nitrogens with one attached hydrogen (secondary N) is 2. The Kier molecular flexibility index (Phi) is 5.98. The molecule has 0 saturated carbocycles. The molecule has 2 N–H and O–H groups in total. The molecule has 8 nitrogen and oxygen atoms in total. The molecule has 1 aromatic heterocycles. The first-order valence-corrected chi connectivity index (χ1v) is 9.61. The van der Waals surface area contributed by atoms with Crippen LogP contribution in [-0.2, 0) is 11.3 Å². The molecule has 1 aliphatic heterocycles. The van der Waals surface area contributed by atoms with Crippen molar-refractivity contribution in [2.24, 2.45) is 0 Å². The topological polar surface area (TPSA) is 98.7 Å². The molecule has 9 heteroatoms. The molecule has 1 aliphatic rings. The second-order valence-corrected chi connectivity index (χ2v) is 6.87. The molecular formula is C23H18FN3O5. The fraction of sp³-hybridized carbons (Fsp3) is 0.0870. The van der Waals surface area contributed by atoms with Crippen molar-refractivity contribution in [3.05, 3.63) is 99.7 Å². The van der Waals surface area contributed by atoms with Crippen LogP contribution in [0.2, 0.25) is 0 Å². The zero-order chi connectivity index (χ0) is 22.5. The normalized spacial score (nSPS) is 12.0. The van der Waals surface area contributed by atoms with Gasteiger partial charge in [0.25, 0.3) is 17.4 Å². The van der Waals surface area contributed by atoms with E-state index in [0.717, 1.165) is 0 Å². The molecule has 4 rings (SSSR count). The highest BCUT2D eigenvalue weighted by atomic mass is 19.1. The van der Waals surface area contributed by atoms with Crippen LogP contribution in [0.4, 0.5) is 4.39 Å². The van der Waals surface area contributed by atoms with Gasteiger partial charge >= 0.3 is 0 Å². The average Bonchev–Trinajstić information content (AvgIpc) is 3.27. The van der Waals surface area contributed by atoms with Crippen molar-refractivity contribution in [2.75, 3.05) is 6.79 Å². The minimum absolute atomic E-state index is 0.144. The molecule has 2 heterocycles. The van der Waals surface area contributed by atoms with Gasteiger partial charge in [0.2, 0.25) is 6.79 Å². The predicted octanol–water partition coefficient (Wildman–Crippen LogP) is 2.24. The van der Waals surface area contributed by atoms with E-state index in [9.17, 15) is 18.8 Å². The number of fused-ring (bicyclic) bond motifs is 1. The van der Waals surface area contributed by atoms with E-state index in [1.807, 2.05) is 0 Å². The van der Waals surface area contributed by atoms with Gasteiger partial charge in [0.15, 0.2) is 11.5 Å². The second kappa shape index (κ2) is 9.17. The van der Waals surface area contributed by atoms with Gasteiger partial charge in [-0.05, 0) is 53.6 Å². The number of pyridine rings is 1. The van der Waals surface area contributed by atoms with E-state index in [2.05, 4.69) is 10.9 Å². The van der Waals surface area contributed by atoms with E-state index in [0.29, 0.717) is 22.6 Å². The number of carbonyl (C=O) groups excluding carboxylic acids is 2. The van der Waals surface area contributed by atoms with Gasteiger partial charge in [-0.2, -0.15) is 0 Å². The first-order chi connectivity index (χ1) is 15.5. The zero-order valence-electron chi connectivity index (χ0n) is 16.7. The molecule has 0 saturated heterocycles. The van der Waals surface area contributed by atoms with E-state index >= 15 is 0 Å². The summed E-state index contributed by atoms with van der Waals surface area (Å²) in [5, 5.41) is 0. The van der Waals surface area contributed by atoms with Crippen LogP contribution in [0.15, 0.2) is 71.7 Å². The Labute approximate surface area is 181 Å². The Bertz CT molecular complexity index is 1250. The Morgan fingerprint density at radius 1 is 1.03 bits per heavy atom. The molecule has 32 heavy (non-hydrogen) atoms. The lowest BCUT2D eigenvalue weighted by atomic mass is 10.2. The van der Waals surface area contributed by atoms with E-state index in [4.69, 9.17) is 9.47 Å². The van der Waals surface area contributed by atoms with Crippen LogP contribution in [0, 0.1) is 5.82 Å². The summed E-state index contributed by atoms with van der Waals surface area (Å²) in [7, 11) is 0. The lowest BCUT2D eigenvalue weighted by Gasteiger charge is -2.09. The molecular weight excluding hydrogens is 417 g/mol. The van der Waals surface area contributed by atoms with E-state index in [-0.39, 0.29) is 24.7 Å². The first kappa shape index (κ1) is 20.9. The summed E-state index contributed by atoms with van der Waals surface area (Å²) in [5.74, 6) is -0.502. The zero-order valence-corrected chi connectivity index (χ0v) is 16.7. The molecule has 0 spiro atoms. The van der Waals surface area contributed by atoms with Gasteiger partial charge in [0.1, 0.15) is 11.4 Å². The molecule has 2 amide bonds. The second-order valence-electron chi connectivity index (χ2n) is 6.87. The number of halogens is 1. The average molecular weight is 435 g/mol. The third kappa shape index (κ3) is 4.84. The first-order valence-electron chi connectivity index (χ1n) is 9.61. The Morgan fingerprint density at radius 2 is 1.81 bits per heavy atom. The summed E-state index contributed by atoms with van der Waals surface area (Å²) in [6.07, 6.45) is 4.30. The van der Waals surface area contributed by atoms with Crippen LogP contribution in [-0.4, -0.2) is 23.2 Å². The summed E-state index contributed by atoms with van der Waals surface area (Å²) < 4.78 is 24.9. The summed E-state index contributed by atoms with van der Waals surface area (Å²) in [5.41, 5.74) is 5.18. The van der Waals surface area contributed by atoms with Crippen LogP contribution in [0.5, 0.6) is 11.5 Å². The maximum Gasteiger partial charge on any atom is 0.275 e. The van der Waals surface area contributed by atoms with Gasteiger partial charge in [0, 0.05) is 12.3 Å². The van der Waals surface area contributed by atoms with Gasteiger partial charge in [-0.3, -0.25) is 25.2 Å². The molecule has 0 atom stereocenters. The number of carbonyl (C=O) groups is 2. The van der Waals surface area contributed by atoms with Crippen LogP contribution in [0.1, 0.15) is 21.5 Å². The van der Waals surface area contributed by atoms with Crippen molar-refractivity contribution in [2.45, 2.75) is 6.54 Å². The van der Waals surface area contributed by atoms with Gasteiger partial charge in [-0.25, -0.2) is 4.39 Å². The van der Waals surface area contributed by atoms with Gasteiger partial charge in [-0.1, -0.05) is 18.2 Å². The molecule has 0 unspecified atom stereocenters. The highest BCUT2D eigenvalue weighted by molar-refractivity contribution is 5.97. The molecule has 3 aromatic rings. The number of benzene rings is 2. The molecule has 2 aromatic carbocycles. The number of rotatable bonds is 5.